The Labute approximate surface area is 260 Å². The van der Waals surface area contributed by atoms with Crippen LogP contribution in [-0.4, -0.2) is 39.1 Å². The SMILES string of the molecule is CC(C)(C)c1cc(OC(=O)CC(c2cc(C(C)(C)C)c(O)c(C(C)(C)C)c2)C(O)CCCCCO)cc(C(C)(C)C)c1O. The molecule has 2 atom stereocenters. The molecule has 0 fully saturated rings. The Morgan fingerprint density at radius 3 is 1.44 bits per heavy atom. The molecule has 6 nitrogen and oxygen atoms in total. The lowest BCUT2D eigenvalue weighted by molar-refractivity contribution is -0.135. The predicted molar refractivity (Wildman–Crippen MR) is 176 cm³/mol. The third-order valence-electron chi connectivity index (χ3n) is 8.12. The maximum Gasteiger partial charge on any atom is 0.311 e. The number of carbonyl (C=O) groups excluding carboxylic acids is 1. The molecule has 2 unspecified atom stereocenters. The van der Waals surface area contributed by atoms with Crippen molar-refractivity contribution in [1.82, 2.24) is 0 Å². The van der Waals surface area contributed by atoms with Gasteiger partial charge in [0.1, 0.15) is 17.2 Å². The third kappa shape index (κ3) is 9.71. The minimum Gasteiger partial charge on any atom is -0.507 e. The van der Waals surface area contributed by atoms with Crippen LogP contribution >= 0.6 is 0 Å². The normalized spacial score (nSPS) is 14.5. The molecule has 6 heteroatoms. The quantitative estimate of drug-likeness (QED) is 0.125. The van der Waals surface area contributed by atoms with Gasteiger partial charge in [-0.2, -0.15) is 0 Å². The molecule has 4 N–H and O–H groups in total. The van der Waals surface area contributed by atoms with Crippen LogP contribution in [0.25, 0.3) is 0 Å². The molecule has 0 bridgehead atoms. The number of phenols is 2. The highest BCUT2D eigenvalue weighted by molar-refractivity contribution is 5.74. The van der Waals surface area contributed by atoms with Crippen LogP contribution in [0.1, 0.15) is 149 Å². The molecule has 43 heavy (non-hydrogen) atoms. The third-order valence-corrected chi connectivity index (χ3v) is 8.12. The fourth-order valence-corrected chi connectivity index (χ4v) is 5.50. The Kier molecular flexibility index (Phi) is 11.6. The summed E-state index contributed by atoms with van der Waals surface area (Å²) in [6.07, 6.45) is 1.73. The van der Waals surface area contributed by atoms with Crippen molar-refractivity contribution < 1.29 is 30.0 Å². The van der Waals surface area contributed by atoms with Crippen LogP contribution in [0.4, 0.5) is 0 Å². The summed E-state index contributed by atoms with van der Waals surface area (Å²) in [7, 11) is 0. The molecule has 0 saturated heterocycles. The number of benzene rings is 2. The first-order chi connectivity index (χ1) is 19.5. The van der Waals surface area contributed by atoms with E-state index in [4.69, 9.17) is 4.74 Å². The number of aliphatic hydroxyl groups is 2. The van der Waals surface area contributed by atoms with E-state index in [1.165, 1.54) is 0 Å². The molecule has 0 aliphatic heterocycles. The summed E-state index contributed by atoms with van der Waals surface area (Å²) in [5.74, 6) is -0.218. The van der Waals surface area contributed by atoms with Crippen molar-refractivity contribution in [3.05, 3.63) is 52.1 Å². The topological polar surface area (TPSA) is 107 Å². The molecule has 0 aliphatic carbocycles. The fourth-order valence-electron chi connectivity index (χ4n) is 5.50. The second-order valence-electron chi connectivity index (χ2n) is 16.3. The zero-order valence-electron chi connectivity index (χ0n) is 28.8. The van der Waals surface area contributed by atoms with Crippen molar-refractivity contribution in [3.63, 3.8) is 0 Å². The van der Waals surface area contributed by atoms with Gasteiger partial charge in [0.15, 0.2) is 0 Å². The van der Waals surface area contributed by atoms with E-state index in [1.54, 1.807) is 12.1 Å². The molecule has 2 aromatic rings. The van der Waals surface area contributed by atoms with Crippen molar-refractivity contribution in [1.29, 1.82) is 0 Å². The monoisotopic (exact) mass is 598 g/mol. The standard InChI is InChI=1S/C37H58O6/c1-34(2,3)26-18-23(19-27(32(26)41)35(4,5)6)25(30(39)16-14-13-15-17-38)22-31(40)43-24-20-28(36(7,8)9)33(42)29(21-24)37(10,11)12/h18-21,25,30,38-39,41-42H,13-17,22H2,1-12H3. The van der Waals surface area contributed by atoms with Crippen molar-refractivity contribution in [2.24, 2.45) is 0 Å². The molecule has 242 valence electrons. The van der Waals surface area contributed by atoms with E-state index in [-0.39, 0.29) is 46.2 Å². The molecule has 0 saturated carbocycles. The van der Waals surface area contributed by atoms with E-state index in [0.717, 1.165) is 23.1 Å². The van der Waals surface area contributed by atoms with Crippen LogP contribution in [0.3, 0.4) is 0 Å². The minimum atomic E-state index is -0.827. The Morgan fingerprint density at radius 2 is 1.07 bits per heavy atom. The average Bonchev–Trinajstić information content (AvgIpc) is 2.83. The Bertz CT molecular complexity index is 1180. The highest BCUT2D eigenvalue weighted by Crippen LogP contribution is 2.44. The number of hydrogen-bond acceptors (Lipinski definition) is 6. The molecule has 2 aromatic carbocycles. The molecular formula is C37H58O6. The van der Waals surface area contributed by atoms with Crippen LogP contribution in [0.5, 0.6) is 17.2 Å². The summed E-state index contributed by atoms with van der Waals surface area (Å²) in [6.45, 7) is 24.4. The van der Waals surface area contributed by atoms with Gasteiger partial charge in [0.2, 0.25) is 0 Å². The number of hydrogen-bond donors (Lipinski definition) is 4. The Morgan fingerprint density at radius 1 is 0.674 bits per heavy atom. The first kappa shape index (κ1) is 36.6. The summed E-state index contributed by atoms with van der Waals surface area (Å²) in [6, 6.07) is 7.32. The summed E-state index contributed by atoms with van der Waals surface area (Å²) < 4.78 is 5.96. The van der Waals surface area contributed by atoms with Gasteiger partial charge in [-0.15, -0.1) is 0 Å². The van der Waals surface area contributed by atoms with Gasteiger partial charge in [0.05, 0.1) is 12.5 Å². The molecule has 2 rings (SSSR count). The smallest absolute Gasteiger partial charge is 0.311 e. The Balaban J connectivity index is 2.61. The van der Waals surface area contributed by atoms with Crippen LogP contribution in [-0.2, 0) is 26.5 Å². The molecular weight excluding hydrogens is 540 g/mol. The second-order valence-corrected chi connectivity index (χ2v) is 16.3. The molecule has 0 amide bonds. The van der Waals surface area contributed by atoms with Crippen LogP contribution < -0.4 is 4.74 Å². The zero-order valence-corrected chi connectivity index (χ0v) is 28.8. The zero-order chi connectivity index (χ0) is 33.1. The lowest BCUT2D eigenvalue weighted by Crippen LogP contribution is -2.26. The van der Waals surface area contributed by atoms with Crippen LogP contribution in [0.15, 0.2) is 24.3 Å². The van der Waals surface area contributed by atoms with Crippen LogP contribution in [0, 0.1) is 0 Å². The molecule has 0 radical (unpaired) electrons. The van der Waals surface area contributed by atoms with E-state index in [0.29, 0.717) is 36.1 Å². The largest absolute Gasteiger partial charge is 0.507 e. The Hall–Kier alpha value is -2.57. The van der Waals surface area contributed by atoms with Gasteiger partial charge in [0, 0.05) is 23.7 Å². The van der Waals surface area contributed by atoms with Crippen molar-refractivity contribution in [3.8, 4) is 17.2 Å². The van der Waals surface area contributed by atoms with E-state index in [9.17, 15) is 25.2 Å². The van der Waals surface area contributed by atoms with Gasteiger partial charge < -0.3 is 25.2 Å². The summed E-state index contributed by atoms with van der Waals surface area (Å²) in [5, 5.41) is 43.1. The second kappa shape index (κ2) is 13.6. The van der Waals surface area contributed by atoms with Gasteiger partial charge in [0.25, 0.3) is 0 Å². The number of rotatable bonds is 10. The number of carbonyl (C=O) groups is 1. The summed E-state index contributed by atoms with van der Waals surface area (Å²) >= 11 is 0. The number of phenolic OH excluding ortho intramolecular Hbond substituents is 2. The van der Waals surface area contributed by atoms with Gasteiger partial charge in [-0.3, -0.25) is 4.79 Å². The highest BCUT2D eigenvalue weighted by atomic mass is 16.5. The maximum absolute atomic E-state index is 13.6. The van der Waals surface area contributed by atoms with Gasteiger partial charge in [-0.05, 0) is 63.3 Å². The molecule has 0 heterocycles. The number of aliphatic hydroxyl groups excluding tert-OH is 2. The van der Waals surface area contributed by atoms with Gasteiger partial charge in [-0.25, -0.2) is 0 Å². The van der Waals surface area contributed by atoms with E-state index in [2.05, 4.69) is 0 Å². The fraction of sp³-hybridized carbons (Fsp3) is 0.649. The number of aromatic hydroxyl groups is 2. The molecule has 0 spiro atoms. The number of unbranched alkanes of at least 4 members (excludes halogenated alkanes) is 2. The molecule has 0 aromatic heterocycles. The summed E-state index contributed by atoms with van der Waals surface area (Å²) in [4.78, 5) is 13.6. The van der Waals surface area contributed by atoms with Gasteiger partial charge in [-0.1, -0.05) is 108 Å². The lowest BCUT2D eigenvalue weighted by Gasteiger charge is -2.31. The van der Waals surface area contributed by atoms with Crippen molar-refractivity contribution >= 4 is 5.97 Å². The van der Waals surface area contributed by atoms with E-state index in [1.807, 2.05) is 95.2 Å². The number of esters is 1. The lowest BCUT2D eigenvalue weighted by atomic mass is 9.75. The molecule has 0 aliphatic rings. The first-order valence-electron chi connectivity index (χ1n) is 15.7. The minimum absolute atomic E-state index is 0.0598. The number of ether oxygens (including phenoxy) is 1. The maximum atomic E-state index is 13.6. The average molecular weight is 599 g/mol. The van der Waals surface area contributed by atoms with Crippen molar-refractivity contribution in [2.45, 2.75) is 149 Å². The van der Waals surface area contributed by atoms with Crippen LogP contribution in [0.2, 0.25) is 0 Å². The highest BCUT2D eigenvalue weighted by Gasteiger charge is 2.32. The predicted octanol–water partition coefficient (Wildman–Crippen LogP) is 8.28. The summed E-state index contributed by atoms with van der Waals surface area (Å²) in [5.41, 5.74) is 2.24. The van der Waals surface area contributed by atoms with E-state index < -0.39 is 18.0 Å². The van der Waals surface area contributed by atoms with Gasteiger partial charge >= 0.3 is 5.97 Å². The van der Waals surface area contributed by atoms with E-state index >= 15 is 0 Å². The first-order valence-corrected chi connectivity index (χ1v) is 15.7. The van der Waals surface area contributed by atoms with Crippen molar-refractivity contribution in [2.75, 3.05) is 6.61 Å².